The van der Waals surface area contributed by atoms with E-state index in [0.717, 1.165) is 70.8 Å². The summed E-state index contributed by atoms with van der Waals surface area (Å²) in [5.41, 5.74) is -0.299. The van der Waals surface area contributed by atoms with Crippen LogP contribution < -0.4 is 10.6 Å². The van der Waals surface area contributed by atoms with E-state index in [2.05, 4.69) is 36.3 Å². The summed E-state index contributed by atoms with van der Waals surface area (Å²) in [5.74, 6) is 1.06. The number of guanidine groups is 1. The van der Waals surface area contributed by atoms with Crippen LogP contribution in [0.5, 0.6) is 0 Å². The van der Waals surface area contributed by atoms with Crippen LogP contribution in [-0.2, 0) is 4.79 Å². The summed E-state index contributed by atoms with van der Waals surface area (Å²) >= 11 is 0. The highest BCUT2D eigenvalue weighted by molar-refractivity contribution is 5.84. The number of nitrogens with one attached hydrogen (secondary N) is 2. The minimum Gasteiger partial charge on any atom is -0.357 e. The molecule has 1 aliphatic rings. The molecule has 0 aliphatic heterocycles. The summed E-state index contributed by atoms with van der Waals surface area (Å²) in [5, 5.41) is 6.73. The Labute approximate surface area is 154 Å². The third-order valence-electron chi connectivity index (χ3n) is 5.14. The van der Waals surface area contributed by atoms with Crippen molar-refractivity contribution in [2.24, 2.45) is 10.4 Å². The van der Waals surface area contributed by atoms with Gasteiger partial charge in [0, 0.05) is 27.2 Å². The molecule has 1 rings (SSSR count). The Morgan fingerprint density at radius 3 is 2.24 bits per heavy atom. The molecular formula is C19H39N5O. The second-order valence-corrected chi connectivity index (χ2v) is 7.19. The highest BCUT2D eigenvalue weighted by Gasteiger charge is 2.41. The van der Waals surface area contributed by atoms with E-state index in [1.807, 2.05) is 14.1 Å². The zero-order chi connectivity index (χ0) is 18.7. The van der Waals surface area contributed by atoms with Gasteiger partial charge in [0.05, 0.1) is 12.0 Å². The minimum atomic E-state index is -0.299. The first-order valence-electron chi connectivity index (χ1n) is 9.95. The molecule has 6 nitrogen and oxygen atoms in total. The van der Waals surface area contributed by atoms with Gasteiger partial charge in [-0.3, -0.25) is 9.79 Å². The summed E-state index contributed by atoms with van der Waals surface area (Å²) in [6.45, 7) is 12.1. The number of hydrogen-bond donors (Lipinski definition) is 2. The van der Waals surface area contributed by atoms with Crippen LogP contribution in [-0.4, -0.2) is 75.0 Å². The van der Waals surface area contributed by atoms with Gasteiger partial charge in [-0.15, -0.1) is 0 Å². The molecular weight excluding hydrogens is 314 g/mol. The van der Waals surface area contributed by atoms with Crippen molar-refractivity contribution >= 4 is 11.9 Å². The summed E-state index contributed by atoms with van der Waals surface area (Å²) in [6, 6.07) is 0. The maximum Gasteiger partial charge on any atom is 0.230 e. The van der Waals surface area contributed by atoms with E-state index < -0.39 is 0 Å². The first-order chi connectivity index (χ1) is 12.0. The molecule has 25 heavy (non-hydrogen) atoms. The molecule has 1 aliphatic carbocycles. The number of aliphatic imine (C=N–C) groups is 1. The van der Waals surface area contributed by atoms with Crippen LogP contribution in [0.1, 0.15) is 52.9 Å². The second kappa shape index (κ2) is 11.3. The molecule has 0 aromatic rings. The van der Waals surface area contributed by atoms with Gasteiger partial charge in [-0.05, 0) is 45.8 Å². The van der Waals surface area contributed by atoms with Crippen molar-refractivity contribution in [1.82, 2.24) is 20.4 Å². The number of nitrogens with zero attached hydrogens (tertiary/aromatic N) is 3. The molecule has 0 radical (unpaired) electrons. The zero-order valence-electron chi connectivity index (χ0n) is 17.0. The van der Waals surface area contributed by atoms with Gasteiger partial charge in [0.25, 0.3) is 0 Å². The van der Waals surface area contributed by atoms with Gasteiger partial charge in [-0.1, -0.05) is 26.7 Å². The molecule has 2 N–H and O–H groups in total. The van der Waals surface area contributed by atoms with Crippen LogP contribution in [0.3, 0.4) is 0 Å². The van der Waals surface area contributed by atoms with E-state index in [-0.39, 0.29) is 11.3 Å². The van der Waals surface area contributed by atoms with Crippen molar-refractivity contribution in [3.8, 4) is 0 Å². The van der Waals surface area contributed by atoms with Crippen LogP contribution >= 0.6 is 0 Å². The Hall–Kier alpha value is -1.30. The summed E-state index contributed by atoms with van der Waals surface area (Å²) in [6.07, 6.45) is 5.25. The predicted molar refractivity (Wildman–Crippen MR) is 106 cm³/mol. The van der Waals surface area contributed by atoms with E-state index >= 15 is 0 Å². The minimum absolute atomic E-state index is 0.228. The topological polar surface area (TPSA) is 60.0 Å². The predicted octanol–water partition coefficient (Wildman–Crippen LogP) is 1.92. The van der Waals surface area contributed by atoms with Crippen molar-refractivity contribution < 1.29 is 4.79 Å². The lowest BCUT2D eigenvalue weighted by molar-refractivity contribution is -0.138. The molecule has 146 valence electrons. The van der Waals surface area contributed by atoms with Crippen LogP contribution in [0.15, 0.2) is 4.99 Å². The number of carbonyl (C=O) groups excluding carboxylic acids is 1. The highest BCUT2D eigenvalue weighted by Crippen LogP contribution is 2.39. The van der Waals surface area contributed by atoms with Crippen molar-refractivity contribution in [3.63, 3.8) is 0 Å². The Balaban J connectivity index is 2.59. The molecule has 6 heteroatoms. The van der Waals surface area contributed by atoms with Crippen molar-refractivity contribution in [3.05, 3.63) is 0 Å². The van der Waals surface area contributed by atoms with E-state index in [1.165, 1.54) is 0 Å². The average Bonchev–Trinajstić information content (AvgIpc) is 3.09. The maximum absolute atomic E-state index is 12.6. The fourth-order valence-electron chi connectivity index (χ4n) is 3.59. The molecule has 0 spiro atoms. The zero-order valence-corrected chi connectivity index (χ0v) is 17.0. The number of carbonyl (C=O) groups is 1. The summed E-state index contributed by atoms with van der Waals surface area (Å²) in [7, 11) is 3.70. The lowest BCUT2D eigenvalue weighted by Gasteiger charge is -2.29. The SMILES string of the molecule is CCNC(=NCC1(C(=O)N(C)C)CCCC1)NCCCN(CC)CC. The van der Waals surface area contributed by atoms with E-state index in [4.69, 9.17) is 4.99 Å². The van der Waals surface area contributed by atoms with Crippen molar-refractivity contribution in [2.75, 3.05) is 53.4 Å². The molecule has 1 fully saturated rings. The number of hydrogen-bond acceptors (Lipinski definition) is 3. The summed E-state index contributed by atoms with van der Waals surface area (Å²) < 4.78 is 0. The lowest BCUT2D eigenvalue weighted by atomic mass is 9.85. The molecule has 0 bridgehead atoms. The standard InChI is InChI=1S/C19H39N5O/c1-6-20-18(21-14-11-15-24(7-2)8-3)22-16-19(12-9-10-13-19)17(25)23(4)5/h6-16H2,1-5H3,(H2,20,21,22). The maximum atomic E-state index is 12.6. The quantitative estimate of drug-likeness (QED) is 0.358. The highest BCUT2D eigenvalue weighted by atomic mass is 16.2. The molecule has 0 atom stereocenters. The third-order valence-corrected chi connectivity index (χ3v) is 5.14. The van der Waals surface area contributed by atoms with Crippen LogP contribution in [0.25, 0.3) is 0 Å². The smallest absolute Gasteiger partial charge is 0.230 e. The van der Waals surface area contributed by atoms with Gasteiger partial charge in [0.2, 0.25) is 5.91 Å². The molecule has 0 saturated heterocycles. The first-order valence-corrected chi connectivity index (χ1v) is 9.95. The Bertz CT molecular complexity index is 412. The Morgan fingerprint density at radius 1 is 1.08 bits per heavy atom. The first kappa shape index (κ1) is 21.7. The van der Waals surface area contributed by atoms with Gasteiger partial charge < -0.3 is 20.4 Å². The molecule has 0 heterocycles. The van der Waals surface area contributed by atoms with Gasteiger partial charge in [0.1, 0.15) is 0 Å². The normalized spacial score (nSPS) is 17.0. The molecule has 1 saturated carbocycles. The van der Waals surface area contributed by atoms with E-state index in [9.17, 15) is 4.79 Å². The largest absolute Gasteiger partial charge is 0.357 e. The van der Waals surface area contributed by atoms with Gasteiger partial charge in [0.15, 0.2) is 5.96 Å². The number of rotatable bonds is 10. The van der Waals surface area contributed by atoms with E-state index in [0.29, 0.717) is 6.54 Å². The second-order valence-electron chi connectivity index (χ2n) is 7.19. The van der Waals surface area contributed by atoms with Crippen LogP contribution in [0.2, 0.25) is 0 Å². The molecule has 0 unspecified atom stereocenters. The summed E-state index contributed by atoms with van der Waals surface area (Å²) in [4.78, 5) is 21.6. The molecule has 1 amide bonds. The van der Waals surface area contributed by atoms with Gasteiger partial charge in [-0.2, -0.15) is 0 Å². The van der Waals surface area contributed by atoms with Gasteiger partial charge in [-0.25, -0.2) is 0 Å². The van der Waals surface area contributed by atoms with Crippen molar-refractivity contribution in [1.29, 1.82) is 0 Å². The van der Waals surface area contributed by atoms with Crippen LogP contribution in [0, 0.1) is 5.41 Å². The van der Waals surface area contributed by atoms with Crippen LogP contribution in [0.4, 0.5) is 0 Å². The molecule has 0 aromatic carbocycles. The lowest BCUT2D eigenvalue weighted by Crippen LogP contribution is -2.43. The molecule has 0 aromatic heterocycles. The van der Waals surface area contributed by atoms with Crippen molar-refractivity contribution in [2.45, 2.75) is 52.9 Å². The fourth-order valence-corrected chi connectivity index (χ4v) is 3.59. The fraction of sp³-hybridized carbons (Fsp3) is 0.895. The third kappa shape index (κ3) is 6.84. The van der Waals surface area contributed by atoms with Gasteiger partial charge >= 0.3 is 0 Å². The van der Waals surface area contributed by atoms with E-state index in [1.54, 1.807) is 4.90 Å². The number of amides is 1. The average molecular weight is 354 g/mol. The Kier molecular flexibility index (Phi) is 9.86. The monoisotopic (exact) mass is 353 g/mol. The Morgan fingerprint density at radius 2 is 1.72 bits per heavy atom.